The largest absolute Gasteiger partial charge is 0.365 e. The highest BCUT2D eigenvalue weighted by Gasteiger charge is 2.16. The van der Waals surface area contributed by atoms with Gasteiger partial charge in [0.15, 0.2) is 0 Å². The van der Waals surface area contributed by atoms with Crippen LogP contribution < -0.4 is 10.2 Å². The maximum atomic E-state index is 6.20. The van der Waals surface area contributed by atoms with E-state index in [1.807, 2.05) is 17.8 Å². The van der Waals surface area contributed by atoms with Crippen molar-refractivity contribution in [3.05, 3.63) is 11.3 Å². The van der Waals surface area contributed by atoms with E-state index in [-0.39, 0.29) is 0 Å². The predicted octanol–water partition coefficient (Wildman–Crippen LogP) is 0.966. The van der Waals surface area contributed by atoms with Crippen molar-refractivity contribution >= 4 is 17.3 Å². The molecule has 14 heavy (non-hydrogen) atoms. The lowest BCUT2D eigenvalue weighted by Gasteiger charge is -2.28. The zero-order chi connectivity index (χ0) is 9.97. The van der Waals surface area contributed by atoms with Crippen LogP contribution in [0.1, 0.15) is 6.92 Å². The molecule has 1 aromatic rings. The van der Waals surface area contributed by atoms with Crippen LogP contribution in [0, 0.1) is 0 Å². The molecule has 0 radical (unpaired) electrons. The van der Waals surface area contributed by atoms with Crippen LogP contribution in [-0.2, 0) is 6.54 Å². The monoisotopic (exact) mass is 214 g/mol. The van der Waals surface area contributed by atoms with Gasteiger partial charge in [0.05, 0.1) is 11.9 Å². The van der Waals surface area contributed by atoms with Crippen LogP contribution in [0.4, 0.5) is 5.69 Å². The second-order valence-electron chi connectivity index (χ2n) is 3.37. The van der Waals surface area contributed by atoms with Gasteiger partial charge in [0.1, 0.15) is 5.15 Å². The van der Waals surface area contributed by atoms with Crippen LogP contribution in [-0.4, -0.2) is 36.0 Å². The number of anilines is 1. The SMILES string of the molecule is CCn1ncc(N2CCNCC2)c1Cl. The zero-order valence-corrected chi connectivity index (χ0v) is 9.09. The molecule has 4 nitrogen and oxygen atoms in total. The van der Waals surface area contributed by atoms with Crippen molar-refractivity contribution < 1.29 is 0 Å². The highest BCUT2D eigenvalue weighted by Crippen LogP contribution is 2.25. The summed E-state index contributed by atoms with van der Waals surface area (Å²) < 4.78 is 1.82. The molecule has 0 spiro atoms. The summed E-state index contributed by atoms with van der Waals surface area (Å²) >= 11 is 6.20. The smallest absolute Gasteiger partial charge is 0.150 e. The molecule has 1 N–H and O–H groups in total. The van der Waals surface area contributed by atoms with E-state index in [1.165, 1.54) is 0 Å². The third-order valence-corrected chi connectivity index (χ3v) is 2.90. The molecule has 0 unspecified atom stereocenters. The van der Waals surface area contributed by atoms with Crippen molar-refractivity contribution in [2.45, 2.75) is 13.5 Å². The molecule has 2 heterocycles. The molecule has 1 fully saturated rings. The molecule has 1 saturated heterocycles. The second kappa shape index (κ2) is 4.19. The molecule has 78 valence electrons. The molecule has 0 amide bonds. The Kier molecular flexibility index (Phi) is 2.93. The number of hydrogen-bond acceptors (Lipinski definition) is 3. The van der Waals surface area contributed by atoms with Gasteiger partial charge in [0, 0.05) is 32.7 Å². The van der Waals surface area contributed by atoms with Gasteiger partial charge in [-0.25, -0.2) is 0 Å². The van der Waals surface area contributed by atoms with E-state index in [0.717, 1.165) is 43.6 Å². The van der Waals surface area contributed by atoms with E-state index in [1.54, 1.807) is 0 Å². The van der Waals surface area contributed by atoms with Crippen LogP contribution in [0.3, 0.4) is 0 Å². The minimum absolute atomic E-state index is 0.759. The number of nitrogens with zero attached hydrogens (tertiary/aromatic N) is 3. The van der Waals surface area contributed by atoms with Gasteiger partial charge in [0.25, 0.3) is 0 Å². The first-order chi connectivity index (χ1) is 6.83. The summed E-state index contributed by atoms with van der Waals surface area (Å²) in [5, 5.41) is 8.30. The Labute approximate surface area is 88.8 Å². The minimum atomic E-state index is 0.759. The van der Waals surface area contributed by atoms with Crippen molar-refractivity contribution in [1.29, 1.82) is 0 Å². The highest BCUT2D eigenvalue weighted by molar-refractivity contribution is 6.32. The van der Waals surface area contributed by atoms with Gasteiger partial charge in [0.2, 0.25) is 0 Å². The van der Waals surface area contributed by atoms with E-state index >= 15 is 0 Å². The summed E-state index contributed by atoms with van der Waals surface area (Å²) in [5.41, 5.74) is 1.06. The van der Waals surface area contributed by atoms with Crippen LogP contribution in [0.25, 0.3) is 0 Å². The van der Waals surface area contributed by atoms with Crippen molar-refractivity contribution in [3.8, 4) is 0 Å². The Morgan fingerprint density at radius 2 is 2.21 bits per heavy atom. The number of hydrogen-bond donors (Lipinski definition) is 1. The quantitative estimate of drug-likeness (QED) is 0.797. The summed E-state index contributed by atoms with van der Waals surface area (Å²) in [5.74, 6) is 0. The summed E-state index contributed by atoms with van der Waals surface area (Å²) in [4.78, 5) is 2.28. The van der Waals surface area contributed by atoms with Gasteiger partial charge < -0.3 is 10.2 Å². The molecular weight excluding hydrogens is 200 g/mol. The fourth-order valence-corrected chi connectivity index (χ4v) is 2.03. The maximum absolute atomic E-state index is 6.20. The lowest BCUT2D eigenvalue weighted by Crippen LogP contribution is -2.43. The third kappa shape index (κ3) is 1.72. The predicted molar refractivity (Wildman–Crippen MR) is 58.0 cm³/mol. The Hall–Kier alpha value is -0.740. The van der Waals surface area contributed by atoms with Crippen LogP contribution >= 0.6 is 11.6 Å². The molecule has 0 bridgehead atoms. The summed E-state index contributed by atoms with van der Waals surface area (Å²) in [7, 11) is 0. The van der Waals surface area contributed by atoms with Gasteiger partial charge in [-0.05, 0) is 6.92 Å². The van der Waals surface area contributed by atoms with Gasteiger partial charge in [-0.15, -0.1) is 0 Å². The lowest BCUT2D eigenvalue weighted by molar-refractivity contribution is 0.588. The fraction of sp³-hybridized carbons (Fsp3) is 0.667. The van der Waals surface area contributed by atoms with E-state index in [0.29, 0.717) is 0 Å². The Balaban J connectivity index is 2.18. The first-order valence-electron chi connectivity index (χ1n) is 5.00. The molecule has 0 atom stereocenters. The van der Waals surface area contributed by atoms with Crippen molar-refractivity contribution in [3.63, 3.8) is 0 Å². The van der Waals surface area contributed by atoms with Gasteiger partial charge >= 0.3 is 0 Å². The maximum Gasteiger partial charge on any atom is 0.150 e. The normalized spacial score (nSPS) is 17.4. The standard InChI is InChI=1S/C9H15ClN4/c1-2-14-9(10)8(7-12-14)13-5-3-11-4-6-13/h7,11H,2-6H2,1H3. The highest BCUT2D eigenvalue weighted by atomic mass is 35.5. The average Bonchev–Trinajstić information content (AvgIpc) is 2.61. The van der Waals surface area contributed by atoms with Crippen LogP contribution in [0.15, 0.2) is 6.20 Å². The molecule has 0 aliphatic carbocycles. The molecule has 1 aromatic heterocycles. The molecule has 5 heteroatoms. The summed E-state index contributed by atoms with van der Waals surface area (Å²) in [6, 6.07) is 0. The second-order valence-corrected chi connectivity index (χ2v) is 3.73. The number of halogens is 1. The van der Waals surface area contributed by atoms with E-state index in [4.69, 9.17) is 11.6 Å². The molecule has 0 saturated carbocycles. The van der Waals surface area contributed by atoms with Crippen LogP contribution in [0.5, 0.6) is 0 Å². The number of rotatable bonds is 2. The van der Waals surface area contributed by atoms with Gasteiger partial charge in [-0.3, -0.25) is 4.68 Å². The Morgan fingerprint density at radius 1 is 1.50 bits per heavy atom. The van der Waals surface area contributed by atoms with Crippen molar-refractivity contribution in [2.75, 3.05) is 31.1 Å². The van der Waals surface area contributed by atoms with E-state index in [2.05, 4.69) is 15.3 Å². The fourth-order valence-electron chi connectivity index (χ4n) is 1.70. The van der Waals surface area contributed by atoms with Crippen LogP contribution in [0.2, 0.25) is 5.15 Å². The lowest BCUT2D eigenvalue weighted by atomic mass is 10.3. The minimum Gasteiger partial charge on any atom is -0.365 e. The molecular formula is C9H15ClN4. The number of piperazine rings is 1. The number of aromatic nitrogens is 2. The van der Waals surface area contributed by atoms with E-state index < -0.39 is 0 Å². The first kappa shape index (κ1) is 9.80. The average molecular weight is 215 g/mol. The topological polar surface area (TPSA) is 33.1 Å². The Morgan fingerprint density at radius 3 is 2.79 bits per heavy atom. The molecule has 2 rings (SSSR count). The van der Waals surface area contributed by atoms with E-state index in [9.17, 15) is 0 Å². The van der Waals surface area contributed by atoms with Crippen molar-refractivity contribution in [2.24, 2.45) is 0 Å². The summed E-state index contributed by atoms with van der Waals surface area (Å²) in [6.45, 7) is 6.93. The zero-order valence-electron chi connectivity index (χ0n) is 8.33. The van der Waals surface area contributed by atoms with Crippen molar-refractivity contribution in [1.82, 2.24) is 15.1 Å². The molecule has 1 aliphatic rings. The molecule has 1 aliphatic heterocycles. The van der Waals surface area contributed by atoms with Gasteiger partial charge in [-0.2, -0.15) is 5.10 Å². The Bertz CT molecular complexity index is 304. The first-order valence-corrected chi connectivity index (χ1v) is 5.37. The molecule has 0 aromatic carbocycles. The summed E-state index contributed by atoms with van der Waals surface area (Å²) in [6.07, 6.45) is 1.86. The van der Waals surface area contributed by atoms with Gasteiger partial charge in [-0.1, -0.05) is 11.6 Å². The number of nitrogens with one attached hydrogen (secondary N) is 1. The number of aryl methyl sites for hydroxylation is 1. The third-order valence-electron chi connectivity index (χ3n) is 2.51.